The van der Waals surface area contributed by atoms with Crippen LogP contribution in [0.15, 0.2) is 36.8 Å². The van der Waals surface area contributed by atoms with E-state index >= 15 is 0 Å². The molecule has 0 radical (unpaired) electrons. The fraction of sp³-hybridized carbons (Fsp3) is 0.214. The Morgan fingerprint density at radius 1 is 1.25 bits per heavy atom. The molecule has 0 saturated heterocycles. The van der Waals surface area contributed by atoms with Gasteiger partial charge in [0.1, 0.15) is 11.9 Å². The van der Waals surface area contributed by atoms with Gasteiger partial charge in [-0.2, -0.15) is 5.26 Å². The average molecular weight is 272 g/mol. The van der Waals surface area contributed by atoms with Gasteiger partial charge >= 0.3 is 0 Å². The standard InChI is InChI=1S/C14H14N4O.H2O/c15-9-12-8-13(11-2-5-16-6-3-11)10-18-14(12)17-4-1-7-19;/h2-3,5-6,8,10,19H,1,4,7H2,(H,17,18);1H2. The molecule has 6 heteroatoms. The number of anilines is 1. The second-order valence-corrected chi connectivity index (χ2v) is 3.97. The maximum atomic E-state index is 9.15. The zero-order valence-electron chi connectivity index (χ0n) is 10.9. The fourth-order valence-corrected chi connectivity index (χ4v) is 1.68. The first-order chi connectivity index (χ1) is 9.35. The monoisotopic (exact) mass is 272 g/mol. The van der Waals surface area contributed by atoms with Gasteiger partial charge in [0, 0.05) is 37.3 Å². The number of aromatic nitrogens is 2. The van der Waals surface area contributed by atoms with Crippen molar-refractivity contribution in [2.24, 2.45) is 0 Å². The van der Waals surface area contributed by atoms with Crippen LogP contribution in [-0.2, 0) is 0 Å². The molecule has 0 amide bonds. The number of hydrogen-bond donors (Lipinski definition) is 2. The summed E-state index contributed by atoms with van der Waals surface area (Å²) < 4.78 is 0. The Morgan fingerprint density at radius 2 is 2.00 bits per heavy atom. The molecule has 2 aromatic rings. The highest BCUT2D eigenvalue weighted by Crippen LogP contribution is 2.22. The number of aliphatic hydroxyl groups excluding tert-OH is 1. The molecule has 0 fully saturated rings. The van der Waals surface area contributed by atoms with Crippen LogP contribution in [0.5, 0.6) is 0 Å². The van der Waals surface area contributed by atoms with Crippen molar-refractivity contribution in [3.05, 3.63) is 42.4 Å². The Kier molecular flexibility index (Phi) is 6.10. The summed E-state index contributed by atoms with van der Waals surface area (Å²) in [4.78, 5) is 8.22. The molecule has 0 aliphatic rings. The van der Waals surface area contributed by atoms with Crippen molar-refractivity contribution in [3.8, 4) is 17.2 Å². The summed E-state index contributed by atoms with van der Waals surface area (Å²) in [7, 11) is 0. The Bertz CT molecular complexity index is 581. The van der Waals surface area contributed by atoms with E-state index in [-0.39, 0.29) is 12.1 Å². The topological polar surface area (TPSA) is 113 Å². The van der Waals surface area contributed by atoms with E-state index in [0.29, 0.717) is 24.3 Å². The molecule has 6 nitrogen and oxygen atoms in total. The van der Waals surface area contributed by atoms with Gasteiger partial charge in [-0.05, 0) is 30.2 Å². The minimum atomic E-state index is 0. The molecule has 0 saturated carbocycles. The maximum absolute atomic E-state index is 9.15. The fourth-order valence-electron chi connectivity index (χ4n) is 1.68. The first-order valence-electron chi connectivity index (χ1n) is 6.00. The summed E-state index contributed by atoms with van der Waals surface area (Å²) in [6, 6.07) is 7.67. The predicted octanol–water partition coefficient (Wildman–Crippen LogP) is 0.985. The molecule has 0 bridgehead atoms. The van der Waals surface area contributed by atoms with Crippen molar-refractivity contribution < 1.29 is 10.6 Å². The van der Waals surface area contributed by atoms with E-state index in [9.17, 15) is 0 Å². The Balaban J connectivity index is 0.00000200. The van der Waals surface area contributed by atoms with Gasteiger partial charge in [-0.1, -0.05) is 0 Å². The van der Waals surface area contributed by atoms with Gasteiger partial charge in [-0.3, -0.25) is 4.98 Å². The number of nitrogens with one attached hydrogen (secondary N) is 1. The van der Waals surface area contributed by atoms with Gasteiger partial charge in [-0.15, -0.1) is 0 Å². The van der Waals surface area contributed by atoms with E-state index in [2.05, 4.69) is 21.4 Å². The summed E-state index contributed by atoms with van der Waals surface area (Å²) in [6.07, 6.45) is 5.75. The number of hydrogen-bond acceptors (Lipinski definition) is 5. The zero-order chi connectivity index (χ0) is 13.5. The largest absolute Gasteiger partial charge is 0.412 e. The molecule has 20 heavy (non-hydrogen) atoms. The van der Waals surface area contributed by atoms with E-state index in [1.807, 2.05) is 12.1 Å². The molecule has 2 aromatic heterocycles. The lowest BCUT2D eigenvalue weighted by atomic mass is 10.1. The molecule has 104 valence electrons. The minimum absolute atomic E-state index is 0. The van der Waals surface area contributed by atoms with Crippen LogP contribution in [0.4, 0.5) is 5.82 Å². The molecule has 2 rings (SSSR count). The molecular weight excluding hydrogens is 256 g/mol. The third-order valence-electron chi connectivity index (χ3n) is 2.65. The van der Waals surface area contributed by atoms with Gasteiger partial charge in [0.15, 0.2) is 0 Å². The molecule has 0 aliphatic heterocycles. The number of nitriles is 1. The Labute approximate surface area is 117 Å². The summed E-state index contributed by atoms with van der Waals surface area (Å²) in [5.74, 6) is 0.550. The molecule has 0 atom stereocenters. The molecule has 0 spiro atoms. The average Bonchev–Trinajstić information content (AvgIpc) is 2.48. The van der Waals surface area contributed by atoms with Crippen LogP contribution < -0.4 is 5.32 Å². The van der Waals surface area contributed by atoms with Crippen LogP contribution in [0.2, 0.25) is 0 Å². The molecular formula is C14H16N4O2. The molecule has 0 aliphatic carbocycles. The van der Waals surface area contributed by atoms with Gasteiger partial charge in [0.05, 0.1) is 5.56 Å². The summed E-state index contributed by atoms with van der Waals surface area (Å²) in [6.45, 7) is 0.705. The first kappa shape index (κ1) is 15.6. The lowest BCUT2D eigenvalue weighted by Crippen LogP contribution is -2.06. The van der Waals surface area contributed by atoms with Gasteiger partial charge in [-0.25, -0.2) is 4.98 Å². The minimum Gasteiger partial charge on any atom is -0.412 e. The number of pyridine rings is 2. The third kappa shape index (κ3) is 3.75. The van der Waals surface area contributed by atoms with Crippen LogP contribution in [-0.4, -0.2) is 33.7 Å². The smallest absolute Gasteiger partial charge is 0.143 e. The Hall–Kier alpha value is -2.49. The SMILES string of the molecule is N#Cc1cc(-c2ccncc2)cnc1NCCCO.O. The number of rotatable bonds is 5. The summed E-state index contributed by atoms with van der Waals surface area (Å²) in [5, 5.41) is 20.9. The van der Waals surface area contributed by atoms with Crippen molar-refractivity contribution in [1.82, 2.24) is 9.97 Å². The van der Waals surface area contributed by atoms with Crippen LogP contribution in [0.25, 0.3) is 11.1 Å². The van der Waals surface area contributed by atoms with Gasteiger partial charge in [0.2, 0.25) is 0 Å². The second-order valence-electron chi connectivity index (χ2n) is 3.97. The van der Waals surface area contributed by atoms with Crippen LogP contribution in [0, 0.1) is 11.3 Å². The second kappa shape index (κ2) is 7.84. The molecule has 0 aromatic carbocycles. The van der Waals surface area contributed by atoms with E-state index in [1.165, 1.54) is 0 Å². The van der Waals surface area contributed by atoms with Crippen molar-refractivity contribution in [2.75, 3.05) is 18.5 Å². The third-order valence-corrected chi connectivity index (χ3v) is 2.65. The highest BCUT2D eigenvalue weighted by molar-refractivity contribution is 5.67. The van der Waals surface area contributed by atoms with Crippen LogP contribution in [0.1, 0.15) is 12.0 Å². The van der Waals surface area contributed by atoms with E-state index in [0.717, 1.165) is 11.1 Å². The lowest BCUT2D eigenvalue weighted by molar-refractivity contribution is 0.292. The van der Waals surface area contributed by atoms with Crippen molar-refractivity contribution in [1.29, 1.82) is 5.26 Å². The maximum Gasteiger partial charge on any atom is 0.143 e. The quantitative estimate of drug-likeness (QED) is 0.788. The van der Waals surface area contributed by atoms with Gasteiger partial charge in [0.25, 0.3) is 0 Å². The van der Waals surface area contributed by atoms with E-state index in [1.54, 1.807) is 24.7 Å². The van der Waals surface area contributed by atoms with Crippen molar-refractivity contribution >= 4 is 5.82 Å². The normalized spacial score (nSPS) is 9.40. The number of aliphatic hydroxyl groups is 1. The van der Waals surface area contributed by atoms with Crippen molar-refractivity contribution in [2.45, 2.75) is 6.42 Å². The zero-order valence-corrected chi connectivity index (χ0v) is 10.9. The van der Waals surface area contributed by atoms with E-state index in [4.69, 9.17) is 10.4 Å². The highest BCUT2D eigenvalue weighted by atomic mass is 16.3. The Morgan fingerprint density at radius 3 is 2.65 bits per heavy atom. The molecule has 0 unspecified atom stereocenters. The van der Waals surface area contributed by atoms with Gasteiger partial charge < -0.3 is 15.9 Å². The molecule has 2 heterocycles. The molecule has 4 N–H and O–H groups in total. The number of nitrogens with zero attached hydrogens (tertiary/aromatic N) is 3. The lowest BCUT2D eigenvalue weighted by Gasteiger charge is -2.08. The summed E-state index contributed by atoms with van der Waals surface area (Å²) in [5.41, 5.74) is 2.35. The highest BCUT2D eigenvalue weighted by Gasteiger charge is 2.06. The van der Waals surface area contributed by atoms with Crippen molar-refractivity contribution in [3.63, 3.8) is 0 Å². The van der Waals surface area contributed by atoms with E-state index < -0.39 is 0 Å². The van der Waals surface area contributed by atoms with Crippen LogP contribution in [0.3, 0.4) is 0 Å². The summed E-state index contributed by atoms with van der Waals surface area (Å²) >= 11 is 0. The van der Waals surface area contributed by atoms with Crippen LogP contribution >= 0.6 is 0 Å². The predicted molar refractivity (Wildman–Crippen MR) is 76.0 cm³/mol. The first-order valence-corrected chi connectivity index (χ1v) is 6.00.